The third-order valence-corrected chi connectivity index (χ3v) is 12.0. The van der Waals surface area contributed by atoms with Crippen LogP contribution in [-0.4, -0.2) is 46.9 Å². The summed E-state index contributed by atoms with van der Waals surface area (Å²) in [5.74, 6) is -0.540. The van der Waals surface area contributed by atoms with Gasteiger partial charge in [-0.25, -0.2) is 0 Å². The number of allylic oxidation sites excluding steroid dienone is 12. The summed E-state index contributed by atoms with van der Waals surface area (Å²) in [6, 6.07) is -0.719. The molecule has 0 aromatic rings. The van der Waals surface area contributed by atoms with Gasteiger partial charge < -0.3 is 20.3 Å². The number of carbonyl (C=O) groups is 2. The SMILES string of the molecule is CC/C=C\C/C=C\C/C=C\C/C=C\C/C=C\CCCCCC(=O)OC(CCC/C=C\CCCCCCCCC)CC(=O)NC(CO)C(O)CCCCCCCCCCCCCCCC. The van der Waals surface area contributed by atoms with Crippen molar-refractivity contribution in [2.75, 3.05) is 6.61 Å². The van der Waals surface area contributed by atoms with Crippen molar-refractivity contribution in [3.05, 3.63) is 72.9 Å². The number of ether oxygens (including phenoxy) is 1. The van der Waals surface area contributed by atoms with Gasteiger partial charge in [-0.1, -0.05) is 229 Å². The monoisotopic (exact) mass is 894 g/mol. The van der Waals surface area contributed by atoms with Crippen LogP contribution in [0.3, 0.4) is 0 Å². The number of rotatable bonds is 48. The quantitative estimate of drug-likeness (QED) is 0.0321. The molecule has 0 radical (unpaired) electrons. The van der Waals surface area contributed by atoms with Crippen molar-refractivity contribution >= 4 is 11.9 Å². The summed E-state index contributed by atoms with van der Waals surface area (Å²) in [6.45, 7) is 6.36. The molecule has 1 amide bonds. The molecule has 0 bridgehead atoms. The van der Waals surface area contributed by atoms with Crippen molar-refractivity contribution in [3.63, 3.8) is 0 Å². The Morgan fingerprint density at radius 3 is 1.33 bits per heavy atom. The van der Waals surface area contributed by atoms with Crippen molar-refractivity contribution in [3.8, 4) is 0 Å². The van der Waals surface area contributed by atoms with Gasteiger partial charge in [-0.05, 0) is 89.9 Å². The number of aliphatic hydroxyl groups excluding tert-OH is 2. The first kappa shape index (κ1) is 61.3. The van der Waals surface area contributed by atoms with Gasteiger partial charge in [-0.2, -0.15) is 0 Å². The van der Waals surface area contributed by atoms with Crippen LogP contribution in [0.1, 0.15) is 258 Å². The highest BCUT2D eigenvalue weighted by atomic mass is 16.5. The standard InChI is InChI=1S/C58H103NO5/c1-4-7-10-13-16-19-22-25-27-28-29-30-31-33-36-39-42-45-48-51-58(63)64-54(49-46-43-40-37-34-24-21-18-15-12-9-6-3)52-57(62)59-55(53-60)56(61)50-47-44-41-38-35-32-26-23-20-17-14-11-8-5-2/h7,10,16,19,25,27,29-30,33,36-37,40,54-56,60-61H,4-6,8-9,11-15,17-18,20-24,26,28,31-32,34-35,38-39,41-53H2,1-3H3,(H,59,62)/b10-7-,19-16-,27-25-,30-29-,36-33-,40-37-. The lowest BCUT2D eigenvalue weighted by Crippen LogP contribution is -2.46. The number of esters is 1. The van der Waals surface area contributed by atoms with E-state index in [-0.39, 0.29) is 24.9 Å². The minimum atomic E-state index is -0.802. The van der Waals surface area contributed by atoms with E-state index in [0.29, 0.717) is 19.3 Å². The first-order chi connectivity index (χ1) is 31.5. The van der Waals surface area contributed by atoms with Gasteiger partial charge in [0.25, 0.3) is 0 Å². The summed E-state index contributed by atoms with van der Waals surface area (Å²) in [7, 11) is 0. The molecule has 0 aromatic heterocycles. The van der Waals surface area contributed by atoms with Crippen LogP contribution >= 0.6 is 0 Å². The van der Waals surface area contributed by atoms with E-state index in [1.165, 1.54) is 116 Å². The zero-order chi connectivity index (χ0) is 46.7. The predicted octanol–water partition coefficient (Wildman–Crippen LogP) is 16.6. The molecule has 0 aromatic carbocycles. The van der Waals surface area contributed by atoms with Crippen molar-refractivity contribution in [1.82, 2.24) is 5.32 Å². The molecule has 3 N–H and O–H groups in total. The summed E-state index contributed by atoms with van der Waals surface area (Å²) in [5.41, 5.74) is 0. The van der Waals surface area contributed by atoms with Gasteiger partial charge in [0.2, 0.25) is 5.91 Å². The second-order valence-electron chi connectivity index (χ2n) is 18.2. The van der Waals surface area contributed by atoms with Crippen molar-refractivity contribution in [2.24, 2.45) is 0 Å². The molecule has 0 heterocycles. The van der Waals surface area contributed by atoms with E-state index in [1.54, 1.807) is 0 Å². The minimum absolute atomic E-state index is 0.0413. The average molecular weight is 894 g/mol. The van der Waals surface area contributed by atoms with Crippen LogP contribution in [0.4, 0.5) is 0 Å². The predicted molar refractivity (Wildman–Crippen MR) is 278 cm³/mol. The number of unbranched alkanes of at least 4 members (excludes halogenated alkanes) is 24. The summed E-state index contributed by atoms with van der Waals surface area (Å²) < 4.78 is 5.91. The number of carbonyl (C=O) groups excluding carboxylic acids is 2. The van der Waals surface area contributed by atoms with Gasteiger partial charge in [-0.15, -0.1) is 0 Å². The van der Waals surface area contributed by atoms with Crippen LogP contribution in [0.5, 0.6) is 0 Å². The lowest BCUT2D eigenvalue weighted by Gasteiger charge is -2.24. The van der Waals surface area contributed by atoms with Gasteiger partial charge in [-0.3, -0.25) is 9.59 Å². The topological polar surface area (TPSA) is 95.9 Å². The van der Waals surface area contributed by atoms with E-state index in [1.807, 2.05) is 0 Å². The van der Waals surface area contributed by atoms with Gasteiger partial charge in [0.05, 0.1) is 25.2 Å². The van der Waals surface area contributed by atoms with Gasteiger partial charge >= 0.3 is 5.97 Å². The molecule has 6 heteroatoms. The first-order valence-corrected chi connectivity index (χ1v) is 27.2. The zero-order valence-corrected chi connectivity index (χ0v) is 42.1. The molecule has 0 aliphatic rings. The van der Waals surface area contributed by atoms with Crippen molar-refractivity contribution in [1.29, 1.82) is 0 Å². The fourth-order valence-corrected chi connectivity index (χ4v) is 7.93. The molecule has 0 aliphatic carbocycles. The van der Waals surface area contributed by atoms with E-state index < -0.39 is 18.2 Å². The molecule has 64 heavy (non-hydrogen) atoms. The summed E-state index contributed by atoms with van der Waals surface area (Å²) in [4.78, 5) is 26.2. The van der Waals surface area contributed by atoms with Crippen LogP contribution in [0, 0.1) is 0 Å². The Hall–Kier alpha value is -2.70. The first-order valence-electron chi connectivity index (χ1n) is 27.2. The summed E-state index contributed by atoms with van der Waals surface area (Å²) in [6.07, 6.45) is 65.4. The van der Waals surface area contributed by atoms with Crippen LogP contribution in [-0.2, 0) is 14.3 Å². The Bertz CT molecular complexity index is 1190. The third kappa shape index (κ3) is 45.9. The van der Waals surface area contributed by atoms with E-state index in [0.717, 1.165) is 96.3 Å². The molecule has 370 valence electrons. The van der Waals surface area contributed by atoms with Crippen LogP contribution in [0.15, 0.2) is 72.9 Å². The van der Waals surface area contributed by atoms with Gasteiger partial charge in [0, 0.05) is 6.42 Å². The fourth-order valence-electron chi connectivity index (χ4n) is 7.93. The lowest BCUT2D eigenvalue weighted by atomic mass is 10.0. The minimum Gasteiger partial charge on any atom is -0.462 e. The maximum absolute atomic E-state index is 13.2. The van der Waals surface area contributed by atoms with E-state index in [9.17, 15) is 19.8 Å². The highest BCUT2D eigenvalue weighted by molar-refractivity contribution is 5.77. The largest absolute Gasteiger partial charge is 0.462 e. The maximum atomic E-state index is 13.2. The van der Waals surface area contributed by atoms with Gasteiger partial charge in [0.15, 0.2) is 0 Å². The zero-order valence-electron chi connectivity index (χ0n) is 42.1. The Labute approximate surface area is 396 Å². The third-order valence-electron chi connectivity index (χ3n) is 12.0. The number of hydrogen-bond donors (Lipinski definition) is 3. The lowest BCUT2D eigenvalue weighted by molar-refractivity contribution is -0.151. The summed E-state index contributed by atoms with van der Waals surface area (Å²) >= 11 is 0. The molecule has 0 fully saturated rings. The number of nitrogens with one attached hydrogen (secondary N) is 1. The molecular weight excluding hydrogens is 791 g/mol. The Morgan fingerprint density at radius 2 is 0.859 bits per heavy atom. The van der Waals surface area contributed by atoms with E-state index >= 15 is 0 Å². The van der Waals surface area contributed by atoms with Gasteiger partial charge in [0.1, 0.15) is 6.10 Å². The van der Waals surface area contributed by atoms with Crippen LogP contribution in [0.25, 0.3) is 0 Å². The number of amides is 1. The molecule has 6 nitrogen and oxygen atoms in total. The number of aliphatic hydroxyl groups is 2. The van der Waals surface area contributed by atoms with Crippen molar-refractivity contribution in [2.45, 2.75) is 277 Å². The smallest absolute Gasteiger partial charge is 0.306 e. The Morgan fingerprint density at radius 1 is 0.469 bits per heavy atom. The summed E-state index contributed by atoms with van der Waals surface area (Å²) in [5, 5.41) is 23.8. The normalized spacial score (nSPS) is 13.8. The van der Waals surface area contributed by atoms with Crippen LogP contribution < -0.4 is 5.32 Å². The van der Waals surface area contributed by atoms with E-state index in [2.05, 4.69) is 99.0 Å². The van der Waals surface area contributed by atoms with E-state index in [4.69, 9.17) is 4.74 Å². The van der Waals surface area contributed by atoms with Crippen molar-refractivity contribution < 1.29 is 24.5 Å². The second-order valence-corrected chi connectivity index (χ2v) is 18.2. The molecule has 3 atom stereocenters. The molecular formula is C58H103NO5. The molecule has 0 saturated heterocycles. The Kier molecular flexibility index (Phi) is 49.1. The highest BCUT2D eigenvalue weighted by Crippen LogP contribution is 2.17. The molecule has 0 aliphatic heterocycles. The second kappa shape index (κ2) is 51.3. The average Bonchev–Trinajstić information content (AvgIpc) is 3.29. The molecule has 0 saturated carbocycles. The molecule has 0 spiro atoms. The molecule has 3 unspecified atom stereocenters. The Balaban J connectivity index is 4.61. The fraction of sp³-hybridized carbons (Fsp3) is 0.759. The van der Waals surface area contributed by atoms with Crippen LogP contribution in [0.2, 0.25) is 0 Å². The maximum Gasteiger partial charge on any atom is 0.306 e. The number of hydrogen-bond acceptors (Lipinski definition) is 5. The highest BCUT2D eigenvalue weighted by Gasteiger charge is 2.24. The molecule has 0 rings (SSSR count).